The number of halogens is 1. The summed E-state index contributed by atoms with van der Waals surface area (Å²) in [5.74, 6) is -0.0309. The second-order valence-corrected chi connectivity index (χ2v) is 6.19. The van der Waals surface area contributed by atoms with Crippen molar-refractivity contribution in [1.82, 2.24) is 29.9 Å². The van der Waals surface area contributed by atoms with E-state index in [-0.39, 0.29) is 17.1 Å². The molecule has 1 atom stereocenters. The molecule has 3 heterocycles. The van der Waals surface area contributed by atoms with Crippen LogP contribution in [-0.4, -0.2) is 29.9 Å². The molecule has 142 valence electrons. The first-order valence-corrected chi connectivity index (χ1v) is 8.37. The molecular weight excluding hydrogens is 367 g/mol. The molecular formula is C18H15FN6O3. The number of hydrogen-bond donors (Lipinski definition) is 2. The highest BCUT2D eigenvalue weighted by molar-refractivity contribution is 5.84. The SMILES string of the molecule is CC(Oc1nn(C)c2nnc(-c3c[nH]c(=O)[nH]c3=O)cc12)c1ccc(F)cc1. The fraction of sp³-hybridized carbons (Fsp3) is 0.167. The van der Waals surface area contributed by atoms with E-state index in [1.807, 2.05) is 6.92 Å². The average Bonchev–Trinajstić information content (AvgIpc) is 2.97. The van der Waals surface area contributed by atoms with Crippen LogP contribution in [0.3, 0.4) is 0 Å². The molecule has 4 aromatic rings. The summed E-state index contributed by atoms with van der Waals surface area (Å²) < 4.78 is 20.6. The second kappa shape index (κ2) is 6.72. The molecule has 3 aromatic heterocycles. The molecule has 0 saturated heterocycles. The molecule has 0 aliphatic rings. The lowest BCUT2D eigenvalue weighted by atomic mass is 10.1. The van der Waals surface area contributed by atoms with Gasteiger partial charge >= 0.3 is 5.69 Å². The highest BCUT2D eigenvalue weighted by Crippen LogP contribution is 2.29. The normalized spacial score (nSPS) is 12.2. The zero-order valence-corrected chi connectivity index (χ0v) is 14.9. The summed E-state index contributed by atoms with van der Waals surface area (Å²) in [5, 5.41) is 13.0. The quantitative estimate of drug-likeness (QED) is 0.554. The molecule has 0 amide bonds. The highest BCUT2D eigenvalue weighted by Gasteiger charge is 2.18. The number of ether oxygens (including phenoxy) is 1. The number of nitrogens with zero attached hydrogens (tertiary/aromatic N) is 4. The summed E-state index contributed by atoms with van der Waals surface area (Å²) in [6.07, 6.45) is 0.876. The van der Waals surface area contributed by atoms with Gasteiger partial charge in [0.25, 0.3) is 5.56 Å². The molecule has 10 heteroatoms. The Kier molecular flexibility index (Phi) is 4.22. The standard InChI is InChI=1S/C18H15FN6O3/c1-9(10-3-5-11(19)6-4-10)28-17-12-7-14(22-23-15(12)25(2)24-17)13-8-20-18(27)21-16(13)26/h3-9H,1-2H3,(H2,20,21,26,27). The number of hydrogen-bond acceptors (Lipinski definition) is 6. The van der Waals surface area contributed by atoms with Crippen molar-refractivity contribution in [2.75, 3.05) is 0 Å². The first-order chi connectivity index (χ1) is 13.4. The molecule has 0 fully saturated rings. The Balaban J connectivity index is 1.75. The Morgan fingerprint density at radius 3 is 2.64 bits per heavy atom. The van der Waals surface area contributed by atoms with Crippen LogP contribution in [0.4, 0.5) is 4.39 Å². The number of H-pyrrole nitrogens is 2. The van der Waals surface area contributed by atoms with Crippen LogP contribution >= 0.6 is 0 Å². The van der Waals surface area contributed by atoms with Crippen LogP contribution in [0.15, 0.2) is 46.1 Å². The van der Waals surface area contributed by atoms with Crippen LogP contribution in [0.5, 0.6) is 5.88 Å². The highest BCUT2D eigenvalue weighted by atomic mass is 19.1. The van der Waals surface area contributed by atoms with E-state index in [1.54, 1.807) is 25.2 Å². The van der Waals surface area contributed by atoms with Crippen LogP contribution in [0.2, 0.25) is 0 Å². The van der Waals surface area contributed by atoms with E-state index >= 15 is 0 Å². The van der Waals surface area contributed by atoms with E-state index < -0.39 is 17.4 Å². The Morgan fingerprint density at radius 2 is 1.93 bits per heavy atom. The molecule has 4 rings (SSSR count). The minimum Gasteiger partial charge on any atom is -0.468 e. The summed E-state index contributed by atoms with van der Waals surface area (Å²) in [5.41, 5.74) is 0.475. The maximum atomic E-state index is 13.1. The first-order valence-electron chi connectivity index (χ1n) is 8.37. The molecule has 0 saturated carbocycles. The third-order valence-electron chi connectivity index (χ3n) is 4.28. The number of rotatable bonds is 4. The van der Waals surface area contributed by atoms with Gasteiger partial charge < -0.3 is 9.72 Å². The second-order valence-electron chi connectivity index (χ2n) is 6.19. The van der Waals surface area contributed by atoms with E-state index in [0.717, 1.165) is 5.56 Å². The average molecular weight is 382 g/mol. The van der Waals surface area contributed by atoms with E-state index in [1.165, 1.54) is 23.0 Å². The third-order valence-corrected chi connectivity index (χ3v) is 4.28. The number of benzene rings is 1. The van der Waals surface area contributed by atoms with Gasteiger partial charge in [-0.1, -0.05) is 12.1 Å². The number of aryl methyl sites for hydroxylation is 1. The largest absolute Gasteiger partial charge is 0.468 e. The van der Waals surface area contributed by atoms with E-state index in [9.17, 15) is 14.0 Å². The molecule has 1 aromatic carbocycles. The maximum Gasteiger partial charge on any atom is 0.325 e. The van der Waals surface area contributed by atoms with E-state index in [4.69, 9.17) is 4.74 Å². The Hall–Kier alpha value is -3.82. The van der Waals surface area contributed by atoms with Crippen molar-refractivity contribution in [1.29, 1.82) is 0 Å². The molecule has 0 radical (unpaired) electrons. The van der Waals surface area contributed by atoms with Gasteiger partial charge in [0.2, 0.25) is 5.88 Å². The van der Waals surface area contributed by atoms with E-state index in [0.29, 0.717) is 16.9 Å². The molecule has 9 nitrogen and oxygen atoms in total. The Bertz CT molecular complexity index is 1280. The topological polar surface area (TPSA) is 119 Å². The molecule has 2 N–H and O–H groups in total. The molecule has 0 aliphatic heterocycles. The van der Waals surface area contributed by atoms with Gasteiger partial charge in [-0.05, 0) is 30.7 Å². The lowest BCUT2D eigenvalue weighted by Crippen LogP contribution is -2.22. The zero-order valence-electron chi connectivity index (χ0n) is 14.9. The van der Waals surface area contributed by atoms with Gasteiger partial charge in [-0.3, -0.25) is 9.78 Å². The molecule has 0 bridgehead atoms. The van der Waals surface area contributed by atoms with Crippen molar-refractivity contribution < 1.29 is 9.13 Å². The van der Waals surface area contributed by atoms with Crippen LogP contribution in [0.25, 0.3) is 22.3 Å². The summed E-state index contributed by atoms with van der Waals surface area (Å²) in [4.78, 5) is 27.8. The number of aromatic amines is 2. The smallest absolute Gasteiger partial charge is 0.325 e. The Morgan fingerprint density at radius 1 is 1.18 bits per heavy atom. The van der Waals surface area contributed by atoms with Crippen molar-refractivity contribution in [3.8, 4) is 17.1 Å². The fourth-order valence-corrected chi connectivity index (χ4v) is 2.81. The Labute approximate surface area is 156 Å². The van der Waals surface area contributed by atoms with Crippen LogP contribution < -0.4 is 16.0 Å². The predicted octanol–water partition coefficient (Wildman–Crippen LogP) is 1.69. The van der Waals surface area contributed by atoms with Gasteiger partial charge in [0, 0.05) is 13.2 Å². The van der Waals surface area contributed by atoms with Gasteiger partial charge in [0.05, 0.1) is 10.9 Å². The minimum atomic E-state index is -0.610. The maximum absolute atomic E-state index is 13.1. The third kappa shape index (κ3) is 3.15. The fourth-order valence-electron chi connectivity index (χ4n) is 2.81. The van der Waals surface area contributed by atoms with Gasteiger partial charge in [0.15, 0.2) is 5.65 Å². The number of aromatic nitrogens is 6. The predicted molar refractivity (Wildman–Crippen MR) is 98.4 cm³/mol. The van der Waals surface area contributed by atoms with Crippen molar-refractivity contribution in [2.45, 2.75) is 13.0 Å². The molecule has 0 spiro atoms. The summed E-state index contributed by atoms with van der Waals surface area (Å²) >= 11 is 0. The first kappa shape index (κ1) is 17.6. The molecule has 1 unspecified atom stereocenters. The summed E-state index contributed by atoms with van der Waals surface area (Å²) in [6.45, 7) is 1.82. The minimum absolute atomic E-state index is 0.162. The van der Waals surface area contributed by atoms with Crippen LogP contribution in [0, 0.1) is 5.82 Å². The van der Waals surface area contributed by atoms with Crippen LogP contribution in [-0.2, 0) is 7.05 Å². The van der Waals surface area contributed by atoms with Gasteiger partial charge in [-0.15, -0.1) is 15.3 Å². The molecule has 0 aliphatic carbocycles. The van der Waals surface area contributed by atoms with Gasteiger partial charge in [0.1, 0.15) is 17.6 Å². The molecule has 28 heavy (non-hydrogen) atoms. The van der Waals surface area contributed by atoms with Crippen molar-refractivity contribution in [2.24, 2.45) is 7.05 Å². The van der Waals surface area contributed by atoms with Crippen molar-refractivity contribution >= 4 is 11.0 Å². The van der Waals surface area contributed by atoms with Crippen LogP contribution in [0.1, 0.15) is 18.6 Å². The van der Waals surface area contributed by atoms with Gasteiger partial charge in [-0.25, -0.2) is 13.9 Å². The monoisotopic (exact) mass is 382 g/mol. The van der Waals surface area contributed by atoms with E-state index in [2.05, 4.69) is 25.3 Å². The van der Waals surface area contributed by atoms with Gasteiger partial charge in [-0.2, -0.15) is 0 Å². The van der Waals surface area contributed by atoms with Crippen molar-refractivity contribution in [3.63, 3.8) is 0 Å². The summed E-state index contributed by atoms with van der Waals surface area (Å²) in [6, 6.07) is 7.60. The van der Waals surface area contributed by atoms with Crippen molar-refractivity contribution in [3.05, 3.63) is 68.7 Å². The zero-order chi connectivity index (χ0) is 19.8. The lowest BCUT2D eigenvalue weighted by molar-refractivity contribution is 0.218. The number of fused-ring (bicyclic) bond motifs is 1. The summed E-state index contributed by atoms with van der Waals surface area (Å²) in [7, 11) is 1.69. The lowest BCUT2D eigenvalue weighted by Gasteiger charge is -2.13. The number of nitrogens with one attached hydrogen (secondary N) is 2.